The van der Waals surface area contributed by atoms with Crippen LogP contribution in [0.3, 0.4) is 0 Å². The van der Waals surface area contributed by atoms with E-state index in [1.165, 1.54) is 0 Å². The number of pyridine rings is 1. The summed E-state index contributed by atoms with van der Waals surface area (Å²) in [6, 6.07) is 11.2. The molecule has 0 spiro atoms. The maximum Gasteiger partial charge on any atom is 0.282 e. The SMILES string of the molecule is CC(C)(C)[Si](C)(C)OCCn1c(=O)c(=NO)c2ccccc2c2cccnc21. The fraction of sp³-hybridized carbons (Fsp3) is 0.381. The lowest BCUT2D eigenvalue weighted by Gasteiger charge is -2.36. The van der Waals surface area contributed by atoms with Crippen LogP contribution in [0.15, 0.2) is 52.5 Å². The monoisotopic (exact) mass is 397 g/mol. The smallest absolute Gasteiger partial charge is 0.282 e. The summed E-state index contributed by atoms with van der Waals surface area (Å²) in [4.78, 5) is 17.7. The molecule has 2 heterocycles. The van der Waals surface area contributed by atoms with Crippen LogP contribution < -0.4 is 10.9 Å². The van der Waals surface area contributed by atoms with Crippen molar-refractivity contribution in [1.29, 1.82) is 0 Å². The minimum Gasteiger partial charge on any atom is -0.415 e. The van der Waals surface area contributed by atoms with Crippen molar-refractivity contribution in [3.05, 3.63) is 58.3 Å². The maximum absolute atomic E-state index is 13.2. The van der Waals surface area contributed by atoms with Gasteiger partial charge in [0.2, 0.25) is 0 Å². The summed E-state index contributed by atoms with van der Waals surface area (Å²) < 4.78 is 7.81. The molecule has 6 nitrogen and oxygen atoms in total. The molecule has 3 rings (SSSR count). The quantitative estimate of drug-likeness (QED) is 0.412. The standard InChI is InChI=1S/C21H27N3O3Si/c1-21(2,3)28(4,5)27-14-13-24-19-17(11-8-12-22-19)15-9-6-7-10-16(15)18(23-26)20(24)25/h6-12,26H,13-14H2,1-5H3. The minimum atomic E-state index is -1.94. The van der Waals surface area contributed by atoms with Crippen LogP contribution in [0.1, 0.15) is 20.8 Å². The largest absolute Gasteiger partial charge is 0.415 e. The Labute approximate surface area is 165 Å². The molecule has 1 N–H and O–H groups in total. The van der Waals surface area contributed by atoms with Crippen LogP contribution >= 0.6 is 0 Å². The van der Waals surface area contributed by atoms with Gasteiger partial charge in [0.05, 0.1) is 6.61 Å². The van der Waals surface area contributed by atoms with E-state index in [9.17, 15) is 10.0 Å². The zero-order chi connectivity index (χ0) is 20.5. The highest BCUT2D eigenvalue weighted by atomic mass is 28.4. The van der Waals surface area contributed by atoms with E-state index in [-0.39, 0.29) is 16.0 Å². The van der Waals surface area contributed by atoms with Crippen LogP contribution in [-0.2, 0) is 11.0 Å². The molecule has 0 aliphatic carbocycles. The number of nitrogens with zero attached hydrogens (tertiary/aromatic N) is 3. The second kappa shape index (κ2) is 7.48. The average Bonchev–Trinajstić information content (AvgIpc) is 2.74. The summed E-state index contributed by atoms with van der Waals surface area (Å²) in [5.41, 5.74) is 0.170. The van der Waals surface area contributed by atoms with Crippen LogP contribution in [0.25, 0.3) is 21.8 Å². The fourth-order valence-corrected chi connectivity index (χ4v) is 4.03. The number of hydrogen-bond donors (Lipinski definition) is 1. The van der Waals surface area contributed by atoms with Crippen LogP contribution in [0, 0.1) is 0 Å². The summed E-state index contributed by atoms with van der Waals surface area (Å²) in [7, 11) is -1.94. The zero-order valence-electron chi connectivity index (χ0n) is 17.1. The summed E-state index contributed by atoms with van der Waals surface area (Å²) in [6.45, 7) is 11.6. The highest BCUT2D eigenvalue weighted by molar-refractivity contribution is 6.74. The van der Waals surface area contributed by atoms with Gasteiger partial charge in [-0.1, -0.05) is 50.2 Å². The molecule has 0 atom stereocenters. The summed E-state index contributed by atoms with van der Waals surface area (Å²) >= 11 is 0. The third kappa shape index (κ3) is 3.59. The summed E-state index contributed by atoms with van der Waals surface area (Å²) in [5.74, 6) is 0. The topological polar surface area (TPSA) is 76.7 Å². The van der Waals surface area contributed by atoms with Crippen molar-refractivity contribution in [2.24, 2.45) is 5.16 Å². The lowest BCUT2D eigenvalue weighted by Crippen LogP contribution is -2.42. The van der Waals surface area contributed by atoms with Gasteiger partial charge in [-0.25, -0.2) is 4.98 Å². The Kier molecular flexibility index (Phi) is 5.41. The van der Waals surface area contributed by atoms with Gasteiger partial charge in [-0.2, -0.15) is 0 Å². The van der Waals surface area contributed by atoms with Crippen LogP contribution in [0.5, 0.6) is 0 Å². The van der Waals surface area contributed by atoms with Crippen molar-refractivity contribution in [3.63, 3.8) is 0 Å². The Balaban J connectivity index is 2.20. The normalized spacial score (nSPS) is 13.4. The highest BCUT2D eigenvalue weighted by Gasteiger charge is 2.36. The Morgan fingerprint density at radius 3 is 2.39 bits per heavy atom. The molecule has 148 valence electrons. The van der Waals surface area contributed by atoms with Gasteiger partial charge in [0.1, 0.15) is 5.65 Å². The Morgan fingerprint density at radius 1 is 1.11 bits per heavy atom. The predicted octanol–water partition coefficient (Wildman–Crippen LogP) is 3.86. The van der Waals surface area contributed by atoms with Crippen molar-refractivity contribution in [3.8, 4) is 0 Å². The van der Waals surface area contributed by atoms with E-state index in [1.54, 1.807) is 16.8 Å². The van der Waals surface area contributed by atoms with Gasteiger partial charge >= 0.3 is 0 Å². The first-order chi connectivity index (χ1) is 13.2. The number of rotatable bonds is 4. The average molecular weight is 398 g/mol. The first-order valence-corrected chi connectivity index (χ1v) is 12.3. The minimum absolute atomic E-state index is 0.0147. The molecule has 2 aromatic heterocycles. The van der Waals surface area contributed by atoms with Crippen molar-refractivity contribution < 1.29 is 9.63 Å². The zero-order valence-corrected chi connectivity index (χ0v) is 18.1. The Bertz CT molecular complexity index is 1150. The third-order valence-corrected chi connectivity index (χ3v) is 10.2. The van der Waals surface area contributed by atoms with Gasteiger partial charge in [-0.3, -0.25) is 9.36 Å². The number of aromatic nitrogens is 2. The first-order valence-electron chi connectivity index (χ1n) is 9.40. The molecule has 0 aliphatic rings. The van der Waals surface area contributed by atoms with Crippen molar-refractivity contribution in [1.82, 2.24) is 9.55 Å². The van der Waals surface area contributed by atoms with Crippen LogP contribution in [-0.4, -0.2) is 29.7 Å². The predicted molar refractivity (Wildman–Crippen MR) is 114 cm³/mol. The molecule has 0 saturated heterocycles. The van der Waals surface area contributed by atoms with E-state index in [2.05, 4.69) is 44.0 Å². The Hall–Kier alpha value is -2.51. The van der Waals surface area contributed by atoms with E-state index in [0.29, 0.717) is 24.2 Å². The molecule has 0 unspecified atom stereocenters. The van der Waals surface area contributed by atoms with Gasteiger partial charge < -0.3 is 9.63 Å². The van der Waals surface area contributed by atoms with Crippen LogP contribution in [0.4, 0.5) is 0 Å². The van der Waals surface area contributed by atoms with Gasteiger partial charge in [0.25, 0.3) is 5.56 Å². The maximum atomic E-state index is 13.2. The molecule has 0 fully saturated rings. The molecular formula is C21H27N3O3Si. The lowest BCUT2D eigenvalue weighted by atomic mass is 10.1. The molecule has 3 aromatic rings. The summed E-state index contributed by atoms with van der Waals surface area (Å²) in [5, 5.41) is 15.3. The molecule has 0 saturated carbocycles. The first kappa shape index (κ1) is 20.2. The second-order valence-corrected chi connectivity index (χ2v) is 13.2. The van der Waals surface area contributed by atoms with E-state index < -0.39 is 8.32 Å². The molecule has 0 bridgehead atoms. The molecule has 7 heteroatoms. The van der Waals surface area contributed by atoms with Gasteiger partial charge in [0, 0.05) is 23.5 Å². The van der Waals surface area contributed by atoms with E-state index in [4.69, 9.17) is 4.43 Å². The van der Waals surface area contributed by atoms with Gasteiger partial charge in [0.15, 0.2) is 13.7 Å². The lowest BCUT2D eigenvalue weighted by molar-refractivity contribution is 0.270. The highest BCUT2D eigenvalue weighted by Crippen LogP contribution is 2.36. The number of hydrogen-bond acceptors (Lipinski definition) is 5. The van der Waals surface area contributed by atoms with Crippen molar-refractivity contribution in [2.75, 3.05) is 6.61 Å². The summed E-state index contributed by atoms with van der Waals surface area (Å²) in [6.07, 6.45) is 1.66. The molecule has 1 aromatic carbocycles. The van der Waals surface area contributed by atoms with Crippen molar-refractivity contribution in [2.45, 2.75) is 45.4 Å². The second-order valence-electron chi connectivity index (χ2n) is 8.43. The van der Waals surface area contributed by atoms with Gasteiger partial charge in [-0.05, 0) is 35.7 Å². The number of fused-ring (bicyclic) bond motifs is 3. The fourth-order valence-electron chi connectivity index (χ4n) is 3.00. The molecule has 28 heavy (non-hydrogen) atoms. The molecular weight excluding hydrogens is 370 g/mol. The van der Waals surface area contributed by atoms with Crippen LogP contribution in [0.2, 0.25) is 18.1 Å². The molecule has 0 radical (unpaired) electrons. The number of benzene rings is 1. The molecule has 0 amide bonds. The van der Waals surface area contributed by atoms with Gasteiger partial charge in [-0.15, -0.1) is 0 Å². The van der Waals surface area contributed by atoms with E-state index >= 15 is 0 Å². The Morgan fingerprint density at radius 2 is 1.75 bits per heavy atom. The van der Waals surface area contributed by atoms with E-state index in [1.807, 2.05) is 30.3 Å². The molecule has 0 aliphatic heterocycles. The van der Waals surface area contributed by atoms with Crippen molar-refractivity contribution >= 4 is 30.1 Å². The van der Waals surface area contributed by atoms with E-state index in [0.717, 1.165) is 10.8 Å². The third-order valence-electron chi connectivity index (χ3n) is 5.65.